The van der Waals surface area contributed by atoms with Gasteiger partial charge in [-0.3, -0.25) is 24.6 Å². The number of nitrogens with two attached hydrogens (primary N) is 1. The molecule has 2 aromatic carbocycles. The molecule has 0 atom stereocenters. The van der Waals surface area contributed by atoms with Crippen LogP contribution in [0.25, 0.3) is 6.08 Å². The summed E-state index contributed by atoms with van der Waals surface area (Å²) in [5, 5.41) is 2.76. The molecular weight excluding hydrogens is 426 g/mol. The van der Waals surface area contributed by atoms with Gasteiger partial charge in [0, 0.05) is 0 Å². The highest BCUT2D eigenvalue weighted by atomic mass is 35.5. The number of nitrogens with zero attached hydrogens (tertiary/aromatic N) is 1. The van der Waals surface area contributed by atoms with Crippen LogP contribution in [0.1, 0.15) is 16.7 Å². The standard InChI is InChI=1S/C21H18ClN3O4S/c1-11-3-5-14(7-12(11)2)25-20(28)15(19(27)24-21(25)30)8-13-4-6-17(16(22)9-13)29-10-18(23)26/h3-9H,10H2,1-2H3,(H2,23,26)(H,24,27,30). The van der Waals surface area contributed by atoms with Crippen molar-refractivity contribution in [2.24, 2.45) is 5.73 Å². The molecule has 3 amide bonds. The van der Waals surface area contributed by atoms with Crippen molar-refractivity contribution in [1.82, 2.24) is 5.32 Å². The van der Waals surface area contributed by atoms with Crippen LogP contribution in [0.4, 0.5) is 5.69 Å². The van der Waals surface area contributed by atoms with Gasteiger partial charge in [-0.25, -0.2) is 0 Å². The molecule has 9 heteroatoms. The topological polar surface area (TPSA) is 102 Å². The van der Waals surface area contributed by atoms with Crippen molar-refractivity contribution in [3.8, 4) is 5.75 Å². The van der Waals surface area contributed by atoms with Crippen LogP contribution in [0.15, 0.2) is 42.0 Å². The summed E-state index contributed by atoms with van der Waals surface area (Å²) in [4.78, 5) is 37.6. The highest BCUT2D eigenvalue weighted by Gasteiger charge is 2.34. The number of aryl methyl sites for hydroxylation is 2. The van der Waals surface area contributed by atoms with Gasteiger partial charge < -0.3 is 10.5 Å². The maximum Gasteiger partial charge on any atom is 0.270 e. The minimum Gasteiger partial charge on any atom is -0.482 e. The molecule has 0 aromatic heterocycles. The summed E-state index contributed by atoms with van der Waals surface area (Å²) < 4.78 is 5.20. The van der Waals surface area contributed by atoms with Crippen molar-refractivity contribution in [2.45, 2.75) is 13.8 Å². The van der Waals surface area contributed by atoms with E-state index in [0.717, 1.165) is 11.1 Å². The molecule has 0 saturated carbocycles. The molecule has 3 rings (SSSR count). The van der Waals surface area contributed by atoms with Crippen molar-refractivity contribution in [3.63, 3.8) is 0 Å². The quantitative estimate of drug-likeness (QED) is 0.420. The lowest BCUT2D eigenvalue weighted by Gasteiger charge is -2.29. The monoisotopic (exact) mass is 443 g/mol. The smallest absolute Gasteiger partial charge is 0.270 e. The number of carbonyl (C=O) groups is 3. The lowest BCUT2D eigenvalue weighted by Crippen LogP contribution is -2.54. The first kappa shape index (κ1) is 21.5. The SMILES string of the molecule is Cc1ccc(N2C(=O)C(=Cc3ccc(OCC(N)=O)c(Cl)c3)C(=O)NC2=S)cc1C. The Bertz CT molecular complexity index is 1110. The van der Waals surface area contributed by atoms with Crippen molar-refractivity contribution >= 4 is 58.4 Å². The van der Waals surface area contributed by atoms with Crippen LogP contribution in [0, 0.1) is 13.8 Å². The van der Waals surface area contributed by atoms with Gasteiger partial charge in [-0.15, -0.1) is 0 Å². The molecule has 1 aliphatic rings. The second kappa shape index (κ2) is 8.64. The Balaban J connectivity index is 1.93. The molecular formula is C21H18ClN3O4S. The zero-order valence-corrected chi connectivity index (χ0v) is 17.8. The average Bonchev–Trinajstić information content (AvgIpc) is 2.67. The molecule has 1 fully saturated rings. The van der Waals surface area contributed by atoms with Gasteiger partial charge in [-0.05, 0) is 73.1 Å². The molecule has 0 bridgehead atoms. The molecule has 0 spiro atoms. The van der Waals surface area contributed by atoms with E-state index in [1.807, 2.05) is 26.0 Å². The zero-order chi connectivity index (χ0) is 22.0. The van der Waals surface area contributed by atoms with Crippen LogP contribution in [-0.2, 0) is 14.4 Å². The van der Waals surface area contributed by atoms with Crippen molar-refractivity contribution in [1.29, 1.82) is 0 Å². The summed E-state index contributed by atoms with van der Waals surface area (Å²) in [5.41, 5.74) is 8.08. The van der Waals surface area contributed by atoms with E-state index in [1.165, 1.54) is 23.1 Å². The van der Waals surface area contributed by atoms with Crippen LogP contribution >= 0.6 is 23.8 Å². The van der Waals surface area contributed by atoms with E-state index >= 15 is 0 Å². The number of ether oxygens (including phenoxy) is 1. The van der Waals surface area contributed by atoms with E-state index in [-0.39, 0.29) is 28.1 Å². The number of benzene rings is 2. The molecule has 1 heterocycles. The number of nitrogens with one attached hydrogen (secondary N) is 1. The van der Waals surface area contributed by atoms with E-state index in [4.69, 9.17) is 34.3 Å². The first-order valence-electron chi connectivity index (χ1n) is 8.86. The summed E-state index contributed by atoms with van der Waals surface area (Å²) in [6.07, 6.45) is 1.41. The van der Waals surface area contributed by atoms with Crippen LogP contribution < -0.4 is 20.7 Å². The van der Waals surface area contributed by atoms with Gasteiger partial charge in [0.1, 0.15) is 11.3 Å². The van der Waals surface area contributed by atoms with Crippen LogP contribution in [0.2, 0.25) is 5.02 Å². The number of amides is 3. The summed E-state index contributed by atoms with van der Waals surface area (Å²) >= 11 is 11.4. The van der Waals surface area contributed by atoms with Crippen LogP contribution in [-0.4, -0.2) is 29.4 Å². The number of hydrogen-bond acceptors (Lipinski definition) is 5. The van der Waals surface area contributed by atoms with Crippen molar-refractivity contribution < 1.29 is 19.1 Å². The third-order valence-electron chi connectivity index (χ3n) is 4.49. The largest absolute Gasteiger partial charge is 0.482 e. The molecule has 3 N–H and O–H groups in total. The summed E-state index contributed by atoms with van der Waals surface area (Å²) in [7, 11) is 0. The third kappa shape index (κ3) is 4.50. The minimum atomic E-state index is -0.635. The number of carbonyl (C=O) groups excluding carboxylic acids is 3. The first-order chi connectivity index (χ1) is 14.2. The van der Waals surface area contributed by atoms with E-state index in [0.29, 0.717) is 11.3 Å². The Morgan fingerprint density at radius 3 is 2.57 bits per heavy atom. The predicted molar refractivity (Wildman–Crippen MR) is 118 cm³/mol. The van der Waals surface area contributed by atoms with Crippen molar-refractivity contribution in [3.05, 3.63) is 63.7 Å². The zero-order valence-electron chi connectivity index (χ0n) is 16.2. The third-order valence-corrected chi connectivity index (χ3v) is 5.07. The van der Waals surface area contributed by atoms with Gasteiger partial charge in [-0.1, -0.05) is 23.7 Å². The summed E-state index contributed by atoms with van der Waals surface area (Å²) in [5.74, 6) is -1.52. The molecule has 2 aromatic rings. The number of hydrogen-bond donors (Lipinski definition) is 2. The fourth-order valence-corrected chi connectivity index (χ4v) is 3.32. The summed E-state index contributed by atoms with van der Waals surface area (Å²) in [6.45, 7) is 3.57. The van der Waals surface area contributed by atoms with E-state index in [2.05, 4.69) is 5.32 Å². The van der Waals surface area contributed by atoms with Gasteiger partial charge in [0.2, 0.25) is 0 Å². The Hall–Kier alpha value is -3.23. The fourth-order valence-electron chi connectivity index (χ4n) is 2.80. The predicted octanol–water partition coefficient (Wildman–Crippen LogP) is 2.65. The normalized spacial score (nSPS) is 15.4. The molecule has 154 valence electrons. The molecule has 0 aliphatic carbocycles. The van der Waals surface area contributed by atoms with Crippen LogP contribution in [0.3, 0.4) is 0 Å². The second-order valence-corrected chi connectivity index (χ2v) is 7.47. The number of rotatable bonds is 5. The first-order valence-corrected chi connectivity index (χ1v) is 9.65. The fraction of sp³-hybridized carbons (Fsp3) is 0.143. The Labute approximate surface area is 183 Å². The lowest BCUT2D eigenvalue weighted by molar-refractivity contribution is -0.122. The van der Waals surface area contributed by atoms with E-state index in [1.54, 1.807) is 12.1 Å². The minimum absolute atomic E-state index is 0.0126. The molecule has 1 aliphatic heterocycles. The van der Waals surface area contributed by atoms with Gasteiger partial charge in [0.25, 0.3) is 17.7 Å². The average molecular weight is 444 g/mol. The lowest BCUT2D eigenvalue weighted by atomic mass is 10.1. The number of anilines is 1. The maximum atomic E-state index is 13.1. The van der Waals surface area contributed by atoms with Crippen LogP contribution in [0.5, 0.6) is 5.75 Å². The number of halogens is 1. The molecule has 0 radical (unpaired) electrons. The molecule has 0 unspecified atom stereocenters. The Morgan fingerprint density at radius 2 is 1.93 bits per heavy atom. The summed E-state index contributed by atoms with van der Waals surface area (Å²) in [6, 6.07) is 10.1. The highest BCUT2D eigenvalue weighted by molar-refractivity contribution is 7.80. The second-order valence-electron chi connectivity index (χ2n) is 6.67. The molecule has 7 nitrogen and oxygen atoms in total. The molecule has 30 heavy (non-hydrogen) atoms. The number of primary amides is 1. The Morgan fingerprint density at radius 1 is 1.20 bits per heavy atom. The van der Waals surface area contributed by atoms with E-state index < -0.39 is 17.7 Å². The maximum absolute atomic E-state index is 13.1. The highest BCUT2D eigenvalue weighted by Crippen LogP contribution is 2.28. The van der Waals surface area contributed by atoms with Gasteiger partial charge in [0.05, 0.1) is 10.7 Å². The van der Waals surface area contributed by atoms with Crippen molar-refractivity contribution in [2.75, 3.05) is 11.5 Å². The van der Waals surface area contributed by atoms with Gasteiger partial charge in [-0.2, -0.15) is 0 Å². The number of thiocarbonyl (C=S) groups is 1. The molecule has 1 saturated heterocycles. The van der Waals surface area contributed by atoms with Gasteiger partial charge in [0.15, 0.2) is 11.7 Å². The van der Waals surface area contributed by atoms with E-state index in [9.17, 15) is 14.4 Å². The van der Waals surface area contributed by atoms with Gasteiger partial charge >= 0.3 is 0 Å². The Kier molecular flexibility index (Phi) is 6.19.